The lowest BCUT2D eigenvalue weighted by Crippen LogP contribution is -2.15. The first-order chi connectivity index (χ1) is 15.2. The summed E-state index contributed by atoms with van der Waals surface area (Å²) in [6.07, 6.45) is 1.09. The number of aromatic nitrogens is 3. The number of nitrogens with two attached hydrogens (primary N) is 1. The Bertz CT molecular complexity index is 1260. The van der Waals surface area contributed by atoms with Gasteiger partial charge in [-0.05, 0) is 48.7 Å². The van der Waals surface area contributed by atoms with E-state index in [9.17, 15) is 13.2 Å². The van der Waals surface area contributed by atoms with Crippen molar-refractivity contribution < 1.29 is 22.3 Å². The maximum atomic E-state index is 15.2. The highest BCUT2D eigenvalue weighted by Crippen LogP contribution is 2.35. The minimum absolute atomic E-state index is 0.00783. The number of anilines is 1. The van der Waals surface area contributed by atoms with Gasteiger partial charge in [-0.3, -0.25) is 0 Å². The molecule has 32 heavy (non-hydrogen) atoms. The van der Waals surface area contributed by atoms with Gasteiger partial charge in [0, 0.05) is 23.7 Å². The molecule has 0 fully saturated rings. The standard InChI is InChI=1S/C23H20F4N4O/c1-14-3-8-18(15-9-11-31-19(13-15)29-22(28)30-31)20(25)21(14)32-12-2-10-23(26,27)16-4-6-17(24)7-5-16/h3-9,11,13H,2,10,12H2,1H3,(H2,28,30). The molecular weight excluding hydrogens is 424 g/mol. The minimum atomic E-state index is -3.14. The number of aryl methyl sites for hydroxylation is 1. The van der Waals surface area contributed by atoms with Crippen molar-refractivity contribution in [3.05, 3.63) is 77.5 Å². The number of benzene rings is 2. The van der Waals surface area contributed by atoms with Crippen molar-refractivity contribution in [2.45, 2.75) is 25.7 Å². The van der Waals surface area contributed by atoms with Crippen LogP contribution < -0.4 is 10.5 Å². The predicted octanol–water partition coefficient (Wildman–Crippen LogP) is 5.52. The number of ether oxygens (including phenoxy) is 1. The van der Waals surface area contributed by atoms with Crippen LogP contribution in [0.2, 0.25) is 0 Å². The smallest absolute Gasteiger partial charge is 0.273 e. The first kappa shape index (κ1) is 21.6. The summed E-state index contributed by atoms with van der Waals surface area (Å²) in [5, 5.41) is 3.98. The maximum absolute atomic E-state index is 15.2. The fourth-order valence-corrected chi connectivity index (χ4v) is 3.43. The molecule has 5 nitrogen and oxygen atoms in total. The van der Waals surface area contributed by atoms with E-state index in [2.05, 4.69) is 10.1 Å². The molecule has 2 aromatic heterocycles. The van der Waals surface area contributed by atoms with Gasteiger partial charge in [-0.15, -0.1) is 5.10 Å². The van der Waals surface area contributed by atoms with Crippen LogP contribution in [0.5, 0.6) is 5.75 Å². The first-order valence-electron chi connectivity index (χ1n) is 9.92. The van der Waals surface area contributed by atoms with Crippen LogP contribution in [0.4, 0.5) is 23.5 Å². The molecule has 0 spiro atoms. The van der Waals surface area contributed by atoms with Crippen molar-refractivity contribution in [3.63, 3.8) is 0 Å². The van der Waals surface area contributed by atoms with Gasteiger partial charge in [0.15, 0.2) is 17.2 Å². The average Bonchev–Trinajstić information content (AvgIpc) is 3.12. The number of hydrogen-bond acceptors (Lipinski definition) is 4. The molecule has 0 atom stereocenters. The van der Waals surface area contributed by atoms with Crippen molar-refractivity contribution >= 4 is 11.6 Å². The van der Waals surface area contributed by atoms with E-state index in [0.717, 1.165) is 24.3 Å². The molecule has 0 aliphatic heterocycles. The van der Waals surface area contributed by atoms with Gasteiger partial charge in [0.25, 0.3) is 5.92 Å². The van der Waals surface area contributed by atoms with Crippen LogP contribution >= 0.6 is 0 Å². The number of hydrogen-bond donors (Lipinski definition) is 1. The molecule has 2 N–H and O–H groups in total. The van der Waals surface area contributed by atoms with Gasteiger partial charge < -0.3 is 10.5 Å². The van der Waals surface area contributed by atoms with E-state index in [4.69, 9.17) is 10.5 Å². The number of pyridine rings is 1. The van der Waals surface area contributed by atoms with E-state index in [1.54, 1.807) is 37.4 Å². The number of alkyl halides is 2. The van der Waals surface area contributed by atoms with E-state index in [1.165, 1.54) is 4.52 Å². The summed E-state index contributed by atoms with van der Waals surface area (Å²) < 4.78 is 63.8. The summed E-state index contributed by atoms with van der Waals surface area (Å²) in [6.45, 7) is 1.58. The van der Waals surface area contributed by atoms with Crippen molar-refractivity contribution in [2.75, 3.05) is 12.3 Å². The molecule has 9 heteroatoms. The minimum Gasteiger partial charge on any atom is -0.490 e. The lowest BCUT2D eigenvalue weighted by molar-refractivity contribution is -0.0182. The van der Waals surface area contributed by atoms with Crippen LogP contribution in [0.15, 0.2) is 54.7 Å². The highest BCUT2D eigenvalue weighted by molar-refractivity contribution is 5.70. The SMILES string of the molecule is Cc1ccc(-c2ccn3nc(N)nc3c2)c(F)c1OCCCC(F)(F)c1ccc(F)cc1. The van der Waals surface area contributed by atoms with Crippen LogP contribution in [-0.4, -0.2) is 21.2 Å². The van der Waals surface area contributed by atoms with Crippen molar-refractivity contribution in [2.24, 2.45) is 0 Å². The molecule has 0 amide bonds. The Labute approximate surface area is 181 Å². The number of rotatable bonds is 7. The molecule has 0 saturated heterocycles. The third-order valence-electron chi connectivity index (χ3n) is 5.11. The Morgan fingerprint density at radius 2 is 1.81 bits per heavy atom. The quantitative estimate of drug-likeness (QED) is 0.301. The Balaban J connectivity index is 1.47. The largest absolute Gasteiger partial charge is 0.490 e. The fourth-order valence-electron chi connectivity index (χ4n) is 3.43. The van der Waals surface area contributed by atoms with Gasteiger partial charge in [0.1, 0.15) is 5.82 Å². The molecule has 0 saturated carbocycles. The Hall–Kier alpha value is -3.62. The van der Waals surface area contributed by atoms with Gasteiger partial charge in [-0.2, -0.15) is 4.98 Å². The number of nitrogen functional groups attached to an aromatic ring is 1. The highest BCUT2D eigenvalue weighted by atomic mass is 19.3. The highest BCUT2D eigenvalue weighted by Gasteiger charge is 2.30. The second-order valence-electron chi connectivity index (χ2n) is 7.42. The molecule has 0 aliphatic rings. The van der Waals surface area contributed by atoms with Gasteiger partial charge in [-0.1, -0.05) is 24.3 Å². The molecule has 0 unspecified atom stereocenters. The fraction of sp³-hybridized carbons (Fsp3) is 0.217. The molecule has 2 aromatic carbocycles. The van der Waals surface area contributed by atoms with E-state index in [-0.39, 0.29) is 35.9 Å². The van der Waals surface area contributed by atoms with Gasteiger partial charge in [-0.25, -0.2) is 22.1 Å². The van der Waals surface area contributed by atoms with E-state index in [0.29, 0.717) is 16.8 Å². The summed E-state index contributed by atoms with van der Waals surface area (Å²) in [5.74, 6) is -4.19. The molecule has 0 radical (unpaired) electrons. The molecule has 4 rings (SSSR count). The van der Waals surface area contributed by atoms with Crippen LogP contribution in [0.1, 0.15) is 24.0 Å². The topological polar surface area (TPSA) is 65.4 Å². The second kappa shape index (κ2) is 8.49. The van der Waals surface area contributed by atoms with E-state index >= 15 is 4.39 Å². The average molecular weight is 444 g/mol. The van der Waals surface area contributed by atoms with Gasteiger partial charge in [0.2, 0.25) is 5.95 Å². The Morgan fingerprint density at radius 1 is 1.06 bits per heavy atom. The molecular formula is C23H20F4N4O. The third kappa shape index (κ3) is 4.37. The summed E-state index contributed by atoms with van der Waals surface area (Å²) in [5.41, 5.74) is 7.16. The van der Waals surface area contributed by atoms with Crippen LogP contribution in [-0.2, 0) is 5.92 Å². The number of fused-ring (bicyclic) bond motifs is 1. The molecule has 0 bridgehead atoms. The van der Waals surface area contributed by atoms with Crippen LogP contribution in [0.25, 0.3) is 16.8 Å². The zero-order chi connectivity index (χ0) is 22.9. The lowest BCUT2D eigenvalue weighted by atomic mass is 10.0. The summed E-state index contributed by atoms with van der Waals surface area (Å²) in [6, 6.07) is 10.7. The molecule has 2 heterocycles. The summed E-state index contributed by atoms with van der Waals surface area (Å²) >= 11 is 0. The molecule has 166 valence electrons. The predicted molar refractivity (Wildman–Crippen MR) is 113 cm³/mol. The van der Waals surface area contributed by atoms with Crippen molar-refractivity contribution in [1.29, 1.82) is 0 Å². The second-order valence-corrected chi connectivity index (χ2v) is 7.42. The number of nitrogens with zero attached hydrogens (tertiary/aromatic N) is 3. The van der Waals surface area contributed by atoms with Gasteiger partial charge in [0.05, 0.1) is 6.61 Å². The first-order valence-corrected chi connectivity index (χ1v) is 9.92. The zero-order valence-electron chi connectivity index (χ0n) is 17.2. The van der Waals surface area contributed by atoms with E-state index in [1.807, 2.05) is 0 Å². The third-order valence-corrected chi connectivity index (χ3v) is 5.11. The van der Waals surface area contributed by atoms with E-state index < -0.39 is 24.0 Å². The Kier molecular flexibility index (Phi) is 5.73. The monoisotopic (exact) mass is 444 g/mol. The van der Waals surface area contributed by atoms with Crippen molar-refractivity contribution in [1.82, 2.24) is 14.6 Å². The summed E-state index contributed by atoms with van der Waals surface area (Å²) in [4.78, 5) is 4.07. The molecule has 4 aromatic rings. The van der Waals surface area contributed by atoms with Crippen molar-refractivity contribution in [3.8, 4) is 16.9 Å². The lowest BCUT2D eigenvalue weighted by Gasteiger charge is -2.18. The van der Waals surface area contributed by atoms with Crippen LogP contribution in [0.3, 0.4) is 0 Å². The zero-order valence-corrected chi connectivity index (χ0v) is 17.2. The number of halogens is 4. The van der Waals surface area contributed by atoms with Crippen LogP contribution in [0, 0.1) is 18.6 Å². The molecule has 0 aliphatic carbocycles. The normalized spacial score (nSPS) is 11.8. The summed E-state index contributed by atoms with van der Waals surface area (Å²) in [7, 11) is 0. The Morgan fingerprint density at radius 3 is 2.56 bits per heavy atom. The maximum Gasteiger partial charge on any atom is 0.273 e. The van der Waals surface area contributed by atoms with Gasteiger partial charge >= 0.3 is 0 Å².